The van der Waals surface area contributed by atoms with Gasteiger partial charge in [0.2, 0.25) is 0 Å². The summed E-state index contributed by atoms with van der Waals surface area (Å²) in [6, 6.07) is 33.9. The second kappa shape index (κ2) is 7.33. The van der Waals surface area contributed by atoms with Crippen LogP contribution in [0.4, 0.5) is 0 Å². The van der Waals surface area contributed by atoms with Gasteiger partial charge in [-0.3, -0.25) is 0 Å². The van der Waals surface area contributed by atoms with E-state index in [0.29, 0.717) is 0 Å². The molecule has 5 aromatic rings. The Labute approximate surface area is 170 Å². The first-order chi connectivity index (χ1) is 14.3. The van der Waals surface area contributed by atoms with Crippen molar-refractivity contribution in [1.29, 1.82) is 0 Å². The van der Waals surface area contributed by atoms with Crippen molar-refractivity contribution < 1.29 is 0 Å². The van der Waals surface area contributed by atoms with E-state index in [1.807, 2.05) is 12.1 Å². The standard InChI is InChI=1S/C27H20N2/c1-19-16-23(13-14-24(19)21-10-6-3-7-11-21)27-25-15-12-22(17-26(25)28-18-29-27)20-8-4-2-5-9-20/h2-18H,1H3. The highest BCUT2D eigenvalue weighted by molar-refractivity contribution is 5.94. The van der Waals surface area contributed by atoms with Gasteiger partial charge in [-0.2, -0.15) is 0 Å². The Morgan fingerprint density at radius 2 is 1.24 bits per heavy atom. The Bertz CT molecular complexity index is 1290. The number of hydrogen-bond donors (Lipinski definition) is 0. The van der Waals surface area contributed by atoms with Crippen molar-refractivity contribution in [1.82, 2.24) is 9.97 Å². The largest absolute Gasteiger partial charge is 0.236 e. The summed E-state index contributed by atoms with van der Waals surface area (Å²) in [5.74, 6) is 0. The molecule has 1 heterocycles. The molecular formula is C27H20N2. The third-order valence-corrected chi connectivity index (χ3v) is 5.33. The zero-order valence-electron chi connectivity index (χ0n) is 16.2. The van der Waals surface area contributed by atoms with Crippen molar-refractivity contribution in [3.05, 3.63) is 109 Å². The summed E-state index contributed by atoms with van der Waals surface area (Å²) in [7, 11) is 0. The molecule has 0 N–H and O–H groups in total. The fourth-order valence-electron chi connectivity index (χ4n) is 3.85. The quantitative estimate of drug-likeness (QED) is 0.343. The highest BCUT2D eigenvalue weighted by Gasteiger charge is 2.10. The third-order valence-electron chi connectivity index (χ3n) is 5.33. The number of hydrogen-bond acceptors (Lipinski definition) is 2. The Balaban J connectivity index is 1.59. The van der Waals surface area contributed by atoms with E-state index in [0.717, 1.165) is 22.2 Å². The molecule has 0 saturated heterocycles. The minimum absolute atomic E-state index is 0.959. The Morgan fingerprint density at radius 3 is 1.97 bits per heavy atom. The molecular weight excluding hydrogens is 352 g/mol. The van der Waals surface area contributed by atoms with Gasteiger partial charge in [-0.1, -0.05) is 78.9 Å². The van der Waals surface area contributed by atoms with Crippen LogP contribution in [-0.4, -0.2) is 9.97 Å². The lowest BCUT2D eigenvalue weighted by molar-refractivity contribution is 1.22. The van der Waals surface area contributed by atoms with Crippen molar-refractivity contribution in [2.75, 3.05) is 0 Å². The fourth-order valence-corrected chi connectivity index (χ4v) is 3.85. The smallest absolute Gasteiger partial charge is 0.116 e. The average Bonchev–Trinajstić information content (AvgIpc) is 2.79. The molecule has 138 valence electrons. The average molecular weight is 372 g/mol. The van der Waals surface area contributed by atoms with Gasteiger partial charge in [0.15, 0.2) is 0 Å². The van der Waals surface area contributed by atoms with Gasteiger partial charge in [0.1, 0.15) is 6.33 Å². The number of nitrogens with zero attached hydrogens (tertiary/aromatic N) is 2. The molecule has 0 aliphatic rings. The molecule has 0 unspecified atom stereocenters. The van der Waals surface area contributed by atoms with E-state index >= 15 is 0 Å². The summed E-state index contributed by atoms with van der Waals surface area (Å²) in [4.78, 5) is 9.14. The normalized spacial score (nSPS) is 10.9. The van der Waals surface area contributed by atoms with E-state index in [1.54, 1.807) is 6.33 Å². The van der Waals surface area contributed by atoms with Crippen LogP contribution in [0, 0.1) is 6.92 Å². The number of aryl methyl sites for hydroxylation is 1. The van der Waals surface area contributed by atoms with Gasteiger partial charge in [-0.25, -0.2) is 9.97 Å². The lowest BCUT2D eigenvalue weighted by Gasteiger charge is -2.11. The molecule has 5 rings (SSSR count). The molecule has 0 aliphatic carbocycles. The number of fused-ring (bicyclic) bond motifs is 1. The van der Waals surface area contributed by atoms with Gasteiger partial charge in [-0.05, 0) is 52.9 Å². The van der Waals surface area contributed by atoms with Crippen molar-refractivity contribution in [2.45, 2.75) is 6.92 Å². The number of aromatic nitrogens is 2. The van der Waals surface area contributed by atoms with E-state index in [9.17, 15) is 0 Å². The van der Waals surface area contributed by atoms with Gasteiger partial charge in [0, 0.05) is 10.9 Å². The first kappa shape index (κ1) is 17.3. The van der Waals surface area contributed by atoms with E-state index in [1.165, 1.54) is 27.8 Å². The second-order valence-corrected chi connectivity index (χ2v) is 7.22. The van der Waals surface area contributed by atoms with Crippen LogP contribution in [0.1, 0.15) is 5.56 Å². The van der Waals surface area contributed by atoms with Crippen LogP contribution in [0.15, 0.2) is 103 Å². The second-order valence-electron chi connectivity index (χ2n) is 7.22. The first-order valence-electron chi connectivity index (χ1n) is 9.76. The predicted molar refractivity (Wildman–Crippen MR) is 121 cm³/mol. The molecule has 0 fully saturated rings. The minimum Gasteiger partial charge on any atom is -0.236 e. The SMILES string of the molecule is Cc1cc(-c2ncnc3cc(-c4ccccc4)ccc23)ccc1-c1ccccc1. The van der Waals surface area contributed by atoms with Crippen molar-refractivity contribution >= 4 is 10.9 Å². The summed E-state index contributed by atoms with van der Waals surface area (Å²) in [5, 5.41) is 1.07. The van der Waals surface area contributed by atoms with Gasteiger partial charge >= 0.3 is 0 Å². The number of benzene rings is 4. The molecule has 0 saturated carbocycles. The van der Waals surface area contributed by atoms with Crippen LogP contribution in [-0.2, 0) is 0 Å². The van der Waals surface area contributed by atoms with Crippen molar-refractivity contribution in [3.8, 4) is 33.5 Å². The zero-order chi connectivity index (χ0) is 19.6. The summed E-state index contributed by atoms with van der Waals surface area (Å²) in [5.41, 5.74) is 9.12. The molecule has 0 amide bonds. The maximum Gasteiger partial charge on any atom is 0.116 e. The lowest BCUT2D eigenvalue weighted by Crippen LogP contribution is -1.91. The van der Waals surface area contributed by atoms with Gasteiger partial charge in [0.05, 0.1) is 11.2 Å². The summed E-state index contributed by atoms with van der Waals surface area (Å²) in [6.07, 6.45) is 1.66. The first-order valence-corrected chi connectivity index (χ1v) is 9.76. The molecule has 0 atom stereocenters. The number of rotatable bonds is 3. The summed E-state index contributed by atoms with van der Waals surface area (Å²) >= 11 is 0. The lowest BCUT2D eigenvalue weighted by atomic mass is 9.96. The maximum absolute atomic E-state index is 4.61. The molecule has 0 radical (unpaired) electrons. The minimum atomic E-state index is 0.959. The van der Waals surface area contributed by atoms with Crippen LogP contribution in [0.25, 0.3) is 44.4 Å². The molecule has 2 nitrogen and oxygen atoms in total. The topological polar surface area (TPSA) is 25.8 Å². The summed E-state index contributed by atoms with van der Waals surface area (Å²) in [6.45, 7) is 2.16. The molecule has 2 heteroatoms. The van der Waals surface area contributed by atoms with E-state index in [2.05, 4.69) is 102 Å². The Morgan fingerprint density at radius 1 is 0.552 bits per heavy atom. The van der Waals surface area contributed by atoms with E-state index < -0.39 is 0 Å². The highest BCUT2D eigenvalue weighted by Crippen LogP contribution is 2.32. The highest BCUT2D eigenvalue weighted by atomic mass is 14.8. The Kier molecular flexibility index (Phi) is 4.38. The van der Waals surface area contributed by atoms with Crippen LogP contribution in [0.3, 0.4) is 0 Å². The zero-order valence-corrected chi connectivity index (χ0v) is 16.2. The third kappa shape index (κ3) is 3.30. The van der Waals surface area contributed by atoms with E-state index in [-0.39, 0.29) is 0 Å². The van der Waals surface area contributed by atoms with E-state index in [4.69, 9.17) is 0 Å². The maximum atomic E-state index is 4.61. The monoisotopic (exact) mass is 372 g/mol. The predicted octanol–water partition coefficient (Wildman–Crippen LogP) is 6.94. The molecule has 1 aromatic heterocycles. The molecule has 4 aromatic carbocycles. The molecule has 0 bridgehead atoms. The van der Waals surface area contributed by atoms with Gasteiger partial charge in [0.25, 0.3) is 0 Å². The van der Waals surface area contributed by atoms with Crippen molar-refractivity contribution in [2.24, 2.45) is 0 Å². The van der Waals surface area contributed by atoms with Crippen LogP contribution >= 0.6 is 0 Å². The van der Waals surface area contributed by atoms with Gasteiger partial charge in [-0.15, -0.1) is 0 Å². The fraction of sp³-hybridized carbons (Fsp3) is 0.0370. The molecule has 29 heavy (non-hydrogen) atoms. The van der Waals surface area contributed by atoms with Crippen LogP contribution < -0.4 is 0 Å². The van der Waals surface area contributed by atoms with Crippen LogP contribution in [0.2, 0.25) is 0 Å². The molecule has 0 aliphatic heterocycles. The Hall–Kier alpha value is -3.78. The van der Waals surface area contributed by atoms with Crippen molar-refractivity contribution in [3.63, 3.8) is 0 Å². The molecule has 0 spiro atoms. The van der Waals surface area contributed by atoms with Gasteiger partial charge < -0.3 is 0 Å². The summed E-state index contributed by atoms with van der Waals surface area (Å²) < 4.78 is 0. The van der Waals surface area contributed by atoms with Crippen LogP contribution in [0.5, 0.6) is 0 Å².